The molecule has 1 aliphatic carbocycles. The van der Waals surface area contributed by atoms with Crippen LogP contribution in [0.5, 0.6) is 0 Å². The molecule has 6 heteroatoms. The quantitative estimate of drug-likeness (QED) is 0.869. The van der Waals surface area contributed by atoms with Crippen LogP contribution in [0.15, 0.2) is 24.3 Å². The van der Waals surface area contributed by atoms with Crippen LogP contribution in [0.25, 0.3) is 0 Å². The first-order valence-electron chi connectivity index (χ1n) is 8.11. The Balaban J connectivity index is 1.53. The highest BCUT2D eigenvalue weighted by atomic mass is 32.2. The summed E-state index contributed by atoms with van der Waals surface area (Å²) in [6, 6.07) is 7.78. The highest BCUT2D eigenvalue weighted by Gasteiger charge is 2.37. The van der Waals surface area contributed by atoms with E-state index in [1.54, 1.807) is 12.1 Å². The molecular formula is C17H23N3O2S. The predicted molar refractivity (Wildman–Crippen MR) is 94.8 cm³/mol. The van der Waals surface area contributed by atoms with E-state index in [1.165, 1.54) is 19.8 Å². The molecule has 1 heterocycles. The van der Waals surface area contributed by atoms with Gasteiger partial charge in [-0.1, -0.05) is 0 Å². The largest absolute Gasteiger partial charge is 0.326 e. The van der Waals surface area contributed by atoms with Crippen molar-refractivity contribution in [3.63, 3.8) is 0 Å². The zero-order chi connectivity index (χ0) is 16.2. The van der Waals surface area contributed by atoms with E-state index in [2.05, 4.69) is 15.5 Å². The fourth-order valence-electron chi connectivity index (χ4n) is 2.99. The van der Waals surface area contributed by atoms with Crippen molar-refractivity contribution in [2.24, 2.45) is 5.92 Å². The van der Waals surface area contributed by atoms with Crippen LogP contribution < -0.4 is 10.6 Å². The van der Waals surface area contributed by atoms with Gasteiger partial charge in [-0.25, -0.2) is 0 Å². The summed E-state index contributed by atoms with van der Waals surface area (Å²) >= 11 is 2.00. The van der Waals surface area contributed by atoms with Crippen LogP contribution in [0.1, 0.15) is 19.8 Å². The zero-order valence-electron chi connectivity index (χ0n) is 13.4. The van der Waals surface area contributed by atoms with E-state index in [0.717, 1.165) is 35.3 Å². The van der Waals surface area contributed by atoms with Gasteiger partial charge >= 0.3 is 0 Å². The van der Waals surface area contributed by atoms with Crippen molar-refractivity contribution in [2.45, 2.75) is 25.8 Å². The molecule has 0 unspecified atom stereocenters. The third-order valence-electron chi connectivity index (χ3n) is 4.28. The van der Waals surface area contributed by atoms with Gasteiger partial charge in [0.2, 0.25) is 11.8 Å². The topological polar surface area (TPSA) is 61.4 Å². The first-order chi connectivity index (χ1) is 11.1. The highest BCUT2D eigenvalue weighted by molar-refractivity contribution is 7.99. The Bertz CT molecular complexity index is 572. The van der Waals surface area contributed by atoms with Crippen LogP contribution in [-0.4, -0.2) is 47.4 Å². The maximum Gasteiger partial charge on any atom is 0.238 e. The molecule has 124 valence electrons. The number of hydrogen-bond donors (Lipinski definition) is 2. The molecule has 2 amide bonds. The van der Waals surface area contributed by atoms with Gasteiger partial charge in [0.05, 0.1) is 6.54 Å². The van der Waals surface area contributed by atoms with E-state index in [9.17, 15) is 9.59 Å². The van der Waals surface area contributed by atoms with Gasteiger partial charge in [0.1, 0.15) is 0 Å². The van der Waals surface area contributed by atoms with Crippen molar-refractivity contribution in [3.05, 3.63) is 24.3 Å². The monoisotopic (exact) mass is 333 g/mol. The fraction of sp³-hybridized carbons (Fsp3) is 0.529. The predicted octanol–water partition coefficient (Wildman–Crippen LogP) is 2.41. The maximum atomic E-state index is 12.3. The molecule has 0 radical (unpaired) electrons. The summed E-state index contributed by atoms with van der Waals surface area (Å²) in [6.45, 7) is 2.94. The fourth-order valence-corrected chi connectivity index (χ4v) is 4.25. The second-order valence-electron chi connectivity index (χ2n) is 6.26. The Labute approximate surface area is 141 Å². The Morgan fingerprint density at radius 1 is 1.17 bits per heavy atom. The first-order valence-corrected chi connectivity index (χ1v) is 9.26. The highest BCUT2D eigenvalue weighted by Crippen LogP contribution is 2.38. The van der Waals surface area contributed by atoms with E-state index in [4.69, 9.17) is 0 Å². The van der Waals surface area contributed by atoms with Crippen LogP contribution in [0.4, 0.5) is 11.4 Å². The summed E-state index contributed by atoms with van der Waals surface area (Å²) in [5, 5.41) is 5.66. The molecule has 2 aliphatic rings. The standard InChI is InChI=1S/C17H23N3O2S/c1-12(21)18-14-4-6-15(7-5-14)19-17(22)10-20-8-9-23-11-16(20)13-2-3-13/h4-7,13,16H,2-3,8-11H2,1H3,(H,18,21)(H,19,22)/t16-/m0/s1. The molecule has 5 nitrogen and oxygen atoms in total. The van der Waals surface area contributed by atoms with Crippen LogP contribution in [-0.2, 0) is 9.59 Å². The SMILES string of the molecule is CC(=O)Nc1ccc(NC(=O)CN2CCSC[C@H]2C2CC2)cc1. The van der Waals surface area contributed by atoms with E-state index in [1.807, 2.05) is 23.9 Å². The minimum Gasteiger partial charge on any atom is -0.326 e. The first kappa shape index (κ1) is 16.3. The number of rotatable bonds is 5. The lowest BCUT2D eigenvalue weighted by Crippen LogP contribution is -2.47. The maximum absolute atomic E-state index is 12.3. The Morgan fingerprint density at radius 3 is 2.43 bits per heavy atom. The van der Waals surface area contributed by atoms with Crippen molar-refractivity contribution < 1.29 is 9.59 Å². The lowest BCUT2D eigenvalue weighted by atomic mass is 10.1. The molecule has 1 saturated carbocycles. The van der Waals surface area contributed by atoms with Gasteiger partial charge in [0.25, 0.3) is 0 Å². The molecule has 23 heavy (non-hydrogen) atoms. The lowest BCUT2D eigenvalue weighted by Gasteiger charge is -2.35. The number of nitrogens with zero attached hydrogens (tertiary/aromatic N) is 1. The molecule has 1 aromatic carbocycles. The molecule has 0 bridgehead atoms. The summed E-state index contributed by atoms with van der Waals surface area (Å²) in [5.74, 6) is 3.00. The average Bonchev–Trinajstić information content (AvgIpc) is 3.34. The lowest BCUT2D eigenvalue weighted by molar-refractivity contribution is -0.118. The van der Waals surface area contributed by atoms with E-state index < -0.39 is 0 Å². The van der Waals surface area contributed by atoms with Gasteiger partial charge < -0.3 is 10.6 Å². The number of carbonyl (C=O) groups is 2. The van der Waals surface area contributed by atoms with Gasteiger partial charge in [0, 0.05) is 42.4 Å². The number of carbonyl (C=O) groups excluding carboxylic acids is 2. The minimum absolute atomic E-state index is 0.0369. The summed E-state index contributed by atoms with van der Waals surface area (Å²) in [5.41, 5.74) is 1.50. The van der Waals surface area contributed by atoms with Crippen molar-refractivity contribution in [1.82, 2.24) is 4.90 Å². The molecule has 1 atom stereocenters. The molecule has 2 N–H and O–H groups in total. The summed E-state index contributed by atoms with van der Waals surface area (Å²) in [7, 11) is 0. The number of anilines is 2. The Morgan fingerprint density at radius 2 is 1.83 bits per heavy atom. The molecular weight excluding hydrogens is 310 g/mol. The molecule has 2 fully saturated rings. The van der Waals surface area contributed by atoms with Gasteiger partial charge in [-0.3, -0.25) is 14.5 Å². The molecule has 1 aromatic rings. The number of amides is 2. The van der Waals surface area contributed by atoms with Crippen LogP contribution in [0, 0.1) is 5.92 Å². The van der Waals surface area contributed by atoms with E-state index in [0.29, 0.717) is 12.6 Å². The van der Waals surface area contributed by atoms with Crippen molar-refractivity contribution in [3.8, 4) is 0 Å². The summed E-state index contributed by atoms with van der Waals surface area (Å²) in [6.07, 6.45) is 2.63. The normalized spacial score (nSPS) is 21.7. The Hall–Kier alpha value is -1.53. The number of thioether (sulfide) groups is 1. The third-order valence-corrected chi connectivity index (χ3v) is 5.33. The van der Waals surface area contributed by atoms with Crippen LogP contribution in [0.2, 0.25) is 0 Å². The van der Waals surface area contributed by atoms with Gasteiger partial charge in [-0.05, 0) is 43.0 Å². The van der Waals surface area contributed by atoms with E-state index in [-0.39, 0.29) is 11.8 Å². The number of nitrogens with one attached hydrogen (secondary N) is 2. The molecule has 3 rings (SSSR count). The minimum atomic E-state index is -0.101. The molecule has 1 saturated heterocycles. The van der Waals surface area contributed by atoms with Crippen LogP contribution >= 0.6 is 11.8 Å². The second kappa shape index (κ2) is 7.36. The van der Waals surface area contributed by atoms with Crippen LogP contribution in [0.3, 0.4) is 0 Å². The van der Waals surface area contributed by atoms with E-state index >= 15 is 0 Å². The molecule has 0 spiro atoms. The van der Waals surface area contributed by atoms with Gasteiger partial charge in [-0.15, -0.1) is 0 Å². The smallest absolute Gasteiger partial charge is 0.238 e. The van der Waals surface area contributed by atoms with Gasteiger partial charge in [0.15, 0.2) is 0 Å². The molecule has 1 aliphatic heterocycles. The number of hydrogen-bond acceptors (Lipinski definition) is 4. The van der Waals surface area contributed by atoms with Gasteiger partial charge in [-0.2, -0.15) is 11.8 Å². The average molecular weight is 333 g/mol. The number of benzene rings is 1. The third kappa shape index (κ3) is 4.72. The Kier molecular flexibility index (Phi) is 5.23. The van der Waals surface area contributed by atoms with Crippen molar-refractivity contribution in [2.75, 3.05) is 35.2 Å². The summed E-state index contributed by atoms with van der Waals surface area (Å²) < 4.78 is 0. The second-order valence-corrected chi connectivity index (χ2v) is 7.41. The van der Waals surface area contributed by atoms with Crippen molar-refractivity contribution >= 4 is 35.0 Å². The molecule has 0 aromatic heterocycles. The zero-order valence-corrected chi connectivity index (χ0v) is 14.2. The summed E-state index contributed by atoms with van der Waals surface area (Å²) in [4.78, 5) is 25.6. The van der Waals surface area contributed by atoms with Crippen molar-refractivity contribution in [1.29, 1.82) is 0 Å².